The molecule has 6 heteroatoms. The molecule has 0 saturated carbocycles. The molecule has 1 atom stereocenters. The van der Waals surface area contributed by atoms with Gasteiger partial charge in [0.25, 0.3) is 0 Å². The maximum atomic E-state index is 9.65. The van der Waals surface area contributed by atoms with E-state index >= 15 is 0 Å². The second-order valence-electron chi connectivity index (χ2n) is 5.28. The van der Waals surface area contributed by atoms with Crippen LogP contribution in [-0.2, 0) is 6.42 Å². The quantitative estimate of drug-likeness (QED) is 0.777. The average molecular weight is 330 g/mol. The molecule has 0 saturated heterocycles. The number of hydrogen-bond acceptors (Lipinski definition) is 6. The van der Waals surface area contributed by atoms with E-state index in [1.165, 1.54) is 0 Å². The largest absolute Gasteiger partial charge is 0.497 e. The van der Waals surface area contributed by atoms with E-state index in [9.17, 15) is 5.11 Å². The molecule has 2 rings (SSSR count). The summed E-state index contributed by atoms with van der Waals surface area (Å²) in [7, 11) is 4.76. The zero-order valence-corrected chi connectivity index (χ0v) is 14.3. The number of benzene rings is 2. The second-order valence-corrected chi connectivity index (χ2v) is 5.28. The zero-order chi connectivity index (χ0) is 17.5. The monoisotopic (exact) mass is 330 g/mol. The fraction of sp³-hybridized carbons (Fsp3) is 0.333. The summed E-state index contributed by atoms with van der Waals surface area (Å²) in [5, 5.41) is 18.1. The van der Waals surface area contributed by atoms with Gasteiger partial charge in [-0.15, -0.1) is 0 Å². The van der Waals surface area contributed by atoms with Crippen LogP contribution in [0.15, 0.2) is 46.6 Å². The third-order valence-corrected chi connectivity index (χ3v) is 3.45. The highest BCUT2D eigenvalue weighted by atomic mass is 16.5. The van der Waals surface area contributed by atoms with Gasteiger partial charge in [-0.3, -0.25) is 0 Å². The average Bonchev–Trinajstić information content (AvgIpc) is 2.60. The van der Waals surface area contributed by atoms with Crippen molar-refractivity contribution >= 4 is 11.4 Å². The minimum Gasteiger partial charge on any atom is -0.497 e. The highest BCUT2D eigenvalue weighted by Gasteiger charge is 2.14. The van der Waals surface area contributed by atoms with Crippen LogP contribution in [0.1, 0.15) is 12.5 Å². The Balaban J connectivity index is 2.30. The van der Waals surface area contributed by atoms with Gasteiger partial charge in [-0.1, -0.05) is 0 Å². The maximum Gasteiger partial charge on any atom is 0.128 e. The Morgan fingerprint density at radius 1 is 0.875 bits per heavy atom. The van der Waals surface area contributed by atoms with Crippen molar-refractivity contribution < 1.29 is 19.3 Å². The topological polar surface area (TPSA) is 72.6 Å². The molecule has 0 heterocycles. The summed E-state index contributed by atoms with van der Waals surface area (Å²) in [5.41, 5.74) is 2.12. The predicted octanol–water partition coefficient (Wildman–Crippen LogP) is 4.05. The van der Waals surface area contributed by atoms with Crippen molar-refractivity contribution in [3.63, 3.8) is 0 Å². The molecular formula is C18H22N2O4. The minimum absolute atomic E-state index is 0.433. The van der Waals surface area contributed by atoms with Gasteiger partial charge in [0.1, 0.15) is 17.2 Å². The fourth-order valence-corrected chi connectivity index (χ4v) is 2.29. The Bertz CT molecular complexity index is 672. The molecule has 128 valence electrons. The minimum atomic E-state index is -0.500. The standard InChI is InChI=1S/C18H22N2O4/c1-12(21)9-16-17(23-3)10-14(11-18(16)24-4)20-19-13-5-7-15(22-2)8-6-13/h5-8,10-12,21H,9H2,1-4H3. The van der Waals surface area contributed by atoms with Crippen molar-refractivity contribution in [2.45, 2.75) is 19.4 Å². The first kappa shape index (κ1) is 17.7. The van der Waals surface area contributed by atoms with E-state index in [-0.39, 0.29) is 0 Å². The van der Waals surface area contributed by atoms with Crippen molar-refractivity contribution in [3.05, 3.63) is 42.0 Å². The number of nitrogens with zero attached hydrogens (tertiary/aromatic N) is 2. The number of azo groups is 1. The molecule has 24 heavy (non-hydrogen) atoms. The van der Waals surface area contributed by atoms with Crippen LogP contribution in [0.3, 0.4) is 0 Å². The smallest absolute Gasteiger partial charge is 0.128 e. The number of aliphatic hydroxyl groups is 1. The lowest BCUT2D eigenvalue weighted by molar-refractivity contribution is 0.192. The van der Waals surface area contributed by atoms with Crippen LogP contribution in [0.4, 0.5) is 11.4 Å². The molecule has 1 N–H and O–H groups in total. The van der Waals surface area contributed by atoms with Crippen LogP contribution >= 0.6 is 0 Å². The number of rotatable bonds is 7. The van der Waals surface area contributed by atoms with Gasteiger partial charge >= 0.3 is 0 Å². The second kappa shape index (κ2) is 8.31. The van der Waals surface area contributed by atoms with Gasteiger partial charge in [0, 0.05) is 24.1 Å². The van der Waals surface area contributed by atoms with E-state index < -0.39 is 6.10 Å². The van der Waals surface area contributed by atoms with Crippen molar-refractivity contribution in [2.75, 3.05) is 21.3 Å². The van der Waals surface area contributed by atoms with Crippen molar-refractivity contribution in [1.82, 2.24) is 0 Å². The van der Waals surface area contributed by atoms with Crippen molar-refractivity contribution in [2.24, 2.45) is 10.2 Å². The highest BCUT2D eigenvalue weighted by Crippen LogP contribution is 2.35. The molecule has 0 bridgehead atoms. The maximum absolute atomic E-state index is 9.65. The lowest BCUT2D eigenvalue weighted by Gasteiger charge is -2.15. The summed E-state index contributed by atoms with van der Waals surface area (Å²) in [6, 6.07) is 10.8. The van der Waals surface area contributed by atoms with E-state index in [0.717, 1.165) is 11.3 Å². The molecule has 0 aliphatic heterocycles. The Kier molecular flexibility index (Phi) is 6.14. The molecule has 6 nitrogen and oxygen atoms in total. The van der Waals surface area contributed by atoms with Crippen molar-refractivity contribution in [3.8, 4) is 17.2 Å². The fourth-order valence-electron chi connectivity index (χ4n) is 2.29. The van der Waals surface area contributed by atoms with Gasteiger partial charge in [0.05, 0.1) is 38.8 Å². The van der Waals surface area contributed by atoms with Gasteiger partial charge < -0.3 is 19.3 Å². The molecule has 0 aliphatic rings. The molecule has 0 fully saturated rings. The van der Waals surface area contributed by atoms with Crippen LogP contribution < -0.4 is 14.2 Å². The van der Waals surface area contributed by atoms with Gasteiger partial charge in [-0.2, -0.15) is 10.2 Å². The summed E-state index contributed by atoms with van der Waals surface area (Å²) >= 11 is 0. The number of ether oxygens (including phenoxy) is 3. The first-order chi connectivity index (χ1) is 11.6. The van der Waals surface area contributed by atoms with Gasteiger partial charge in [0.15, 0.2) is 0 Å². The molecule has 0 aromatic heterocycles. The van der Waals surface area contributed by atoms with Crippen LogP contribution in [0.5, 0.6) is 17.2 Å². The van der Waals surface area contributed by atoms with Crippen LogP contribution in [-0.4, -0.2) is 32.5 Å². The summed E-state index contributed by atoms with van der Waals surface area (Å²) in [6.07, 6.45) is -0.0676. The van der Waals surface area contributed by atoms with Crippen LogP contribution in [0, 0.1) is 0 Å². The Labute approximate surface area is 141 Å². The summed E-state index contributed by atoms with van der Waals surface area (Å²) in [5.74, 6) is 1.98. The number of aliphatic hydroxyl groups excluding tert-OH is 1. The molecule has 0 radical (unpaired) electrons. The number of methoxy groups -OCH3 is 3. The van der Waals surface area contributed by atoms with E-state index in [4.69, 9.17) is 14.2 Å². The van der Waals surface area contributed by atoms with E-state index in [1.54, 1.807) is 40.4 Å². The van der Waals surface area contributed by atoms with Gasteiger partial charge in [-0.05, 0) is 31.2 Å². The molecule has 0 amide bonds. The third-order valence-electron chi connectivity index (χ3n) is 3.45. The molecule has 2 aromatic rings. The lowest BCUT2D eigenvalue weighted by atomic mass is 10.1. The zero-order valence-electron chi connectivity index (χ0n) is 14.3. The predicted molar refractivity (Wildman–Crippen MR) is 92.1 cm³/mol. The summed E-state index contributed by atoms with van der Waals surface area (Å²) in [6.45, 7) is 1.72. The Hall–Kier alpha value is -2.60. The highest BCUT2D eigenvalue weighted by molar-refractivity contribution is 5.56. The van der Waals surface area contributed by atoms with E-state index in [1.807, 2.05) is 24.3 Å². The van der Waals surface area contributed by atoms with Crippen molar-refractivity contribution in [1.29, 1.82) is 0 Å². The van der Waals surface area contributed by atoms with Gasteiger partial charge in [0.2, 0.25) is 0 Å². The van der Waals surface area contributed by atoms with Gasteiger partial charge in [-0.25, -0.2) is 0 Å². The molecule has 2 aromatic carbocycles. The molecule has 0 spiro atoms. The normalized spacial score (nSPS) is 12.2. The summed E-state index contributed by atoms with van der Waals surface area (Å²) in [4.78, 5) is 0. The third kappa shape index (κ3) is 4.45. The first-order valence-electron chi connectivity index (χ1n) is 7.56. The molecule has 0 aliphatic carbocycles. The Morgan fingerprint density at radius 2 is 1.42 bits per heavy atom. The molecular weight excluding hydrogens is 308 g/mol. The van der Waals surface area contributed by atoms with E-state index in [2.05, 4.69) is 10.2 Å². The van der Waals surface area contributed by atoms with Crippen LogP contribution in [0.25, 0.3) is 0 Å². The SMILES string of the molecule is COc1ccc(N=Nc2cc(OC)c(CC(C)O)c(OC)c2)cc1. The van der Waals surface area contributed by atoms with Crippen LogP contribution in [0.2, 0.25) is 0 Å². The Morgan fingerprint density at radius 3 is 1.88 bits per heavy atom. The summed E-state index contributed by atoms with van der Waals surface area (Å²) < 4.78 is 15.9. The molecule has 1 unspecified atom stereocenters. The number of hydrogen-bond donors (Lipinski definition) is 1. The first-order valence-corrected chi connectivity index (χ1v) is 7.56. The lowest BCUT2D eigenvalue weighted by Crippen LogP contribution is -2.07. The van der Waals surface area contributed by atoms with E-state index in [0.29, 0.717) is 29.3 Å².